The molecule has 0 spiro atoms. The molecule has 2 aliphatic rings. The van der Waals surface area contributed by atoms with E-state index >= 15 is 0 Å². The number of ether oxygens (including phenoxy) is 6. The minimum absolute atomic E-state index is 0.281. The molecule has 4 rings (SSSR count). The summed E-state index contributed by atoms with van der Waals surface area (Å²) < 4.78 is 34.4. The molecule has 2 aromatic carbocycles. The third kappa shape index (κ3) is 4.45. The molecule has 0 amide bonds. The first-order chi connectivity index (χ1) is 14.2. The van der Waals surface area contributed by atoms with Crippen molar-refractivity contribution in [1.82, 2.24) is 0 Å². The van der Waals surface area contributed by atoms with Crippen LogP contribution >= 0.6 is 0 Å². The molecule has 7 nitrogen and oxygen atoms in total. The number of hydrogen-bond donors (Lipinski definition) is 1. The number of fused-ring (bicyclic) bond motifs is 1. The van der Waals surface area contributed by atoms with E-state index in [-0.39, 0.29) is 6.61 Å². The highest BCUT2D eigenvalue weighted by atomic mass is 16.8. The minimum Gasteiger partial charge on any atom is -0.497 e. The van der Waals surface area contributed by atoms with Crippen LogP contribution in [0.3, 0.4) is 0 Å². The van der Waals surface area contributed by atoms with Crippen molar-refractivity contribution in [3.05, 3.63) is 65.7 Å². The average molecular weight is 402 g/mol. The number of methoxy groups -OCH3 is 2. The third-order valence-electron chi connectivity index (χ3n) is 5.21. The van der Waals surface area contributed by atoms with E-state index in [1.54, 1.807) is 7.11 Å². The number of aliphatic hydroxyl groups excluding tert-OH is 1. The molecule has 1 N–H and O–H groups in total. The zero-order chi connectivity index (χ0) is 20.2. The second kappa shape index (κ2) is 9.21. The van der Waals surface area contributed by atoms with E-state index in [9.17, 15) is 5.11 Å². The van der Waals surface area contributed by atoms with Crippen LogP contribution < -0.4 is 4.74 Å². The second-order valence-electron chi connectivity index (χ2n) is 7.07. The fraction of sp³-hybridized carbons (Fsp3) is 0.455. The fourth-order valence-electron chi connectivity index (χ4n) is 3.63. The van der Waals surface area contributed by atoms with E-state index in [2.05, 4.69) is 0 Å². The lowest BCUT2D eigenvalue weighted by molar-refractivity contribution is -0.363. The van der Waals surface area contributed by atoms with Gasteiger partial charge in [0.05, 0.1) is 20.3 Å². The number of rotatable bonds is 6. The van der Waals surface area contributed by atoms with E-state index in [0.29, 0.717) is 6.61 Å². The van der Waals surface area contributed by atoms with Crippen LogP contribution in [0.1, 0.15) is 17.4 Å². The monoisotopic (exact) mass is 402 g/mol. The smallest absolute Gasteiger partial charge is 0.186 e. The quantitative estimate of drug-likeness (QED) is 0.795. The lowest BCUT2D eigenvalue weighted by Gasteiger charge is -2.47. The van der Waals surface area contributed by atoms with Gasteiger partial charge in [-0.2, -0.15) is 0 Å². The highest BCUT2D eigenvalue weighted by Crippen LogP contribution is 2.35. The molecule has 2 saturated heterocycles. The van der Waals surface area contributed by atoms with Crippen molar-refractivity contribution in [3.63, 3.8) is 0 Å². The van der Waals surface area contributed by atoms with Crippen LogP contribution in [0.25, 0.3) is 0 Å². The summed E-state index contributed by atoms with van der Waals surface area (Å²) in [6.45, 7) is 0.616. The van der Waals surface area contributed by atoms with Gasteiger partial charge in [-0.05, 0) is 17.7 Å². The van der Waals surface area contributed by atoms with Crippen molar-refractivity contribution in [3.8, 4) is 5.75 Å². The average Bonchev–Trinajstić information content (AvgIpc) is 2.79. The van der Waals surface area contributed by atoms with Gasteiger partial charge < -0.3 is 33.5 Å². The van der Waals surface area contributed by atoms with Gasteiger partial charge in [0, 0.05) is 12.7 Å². The summed E-state index contributed by atoms with van der Waals surface area (Å²) in [5, 5.41) is 11.0. The lowest BCUT2D eigenvalue weighted by atomic mass is 9.97. The molecular weight excluding hydrogens is 376 g/mol. The molecule has 0 radical (unpaired) electrons. The van der Waals surface area contributed by atoms with E-state index in [4.69, 9.17) is 28.4 Å². The Bertz CT molecular complexity index is 766. The first-order valence-electron chi connectivity index (χ1n) is 9.62. The summed E-state index contributed by atoms with van der Waals surface area (Å²) in [5.41, 5.74) is 1.84. The van der Waals surface area contributed by atoms with Gasteiger partial charge in [-0.25, -0.2) is 0 Å². The van der Waals surface area contributed by atoms with Crippen LogP contribution in [-0.4, -0.2) is 56.6 Å². The first kappa shape index (κ1) is 20.3. The van der Waals surface area contributed by atoms with Crippen LogP contribution in [0.2, 0.25) is 0 Å². The van der Waals surface area contributed by atoms with Crippen molar-refractivity contribution < 1.29 is 33.5 Å². The molecular formula is C22H26O7. The molecule has 0 bridgehead atoms. The van der Waals surface area contributed by atoms with Crippen LogP contribution in [0, 0.1) is 0 Å². The molecule has 0 aliphatic carbocycles. The maximum absolute atomic E-state index is 11.0. The van der Waals surface area contributed by atoms with Gasteiger partial charge in [-0.1, -0.05) is 42.5 Å². The lowest BCUT2D eigenvalue weighted by Crippen LogP contribution is -2.62. The predicted molar refractivity (Wildman–Crippen MR) is 103 cm³/mol. The fourth-order valence-corrected chi connectivity index (χ4v) is 3.63. The molecule has 6 atom stereocenters. The predicted octanol–water partition coefficient (Wildman–Crippen LogP) is 2.43. The summed E-state index contributed by atoms with van der Waals surface area (Å²) >= 11 is 0. The summed E-state index contributed by atoms with van der Waals surface area (Å²) in [6, 6.07) is 17.2. The van der Waals surface area contributed by atoms with Gasteiger partial charge in [-0.3, -0.25) is 0 Å². The second-order valence-corrected chi connectivity index (χ2v) is 7.07. The van der Waals surface area contributed by atoms with E-state index < -0.39 is 37.0 Å². The van der Waals surface area contributed by atoms with Crippen LogP contribution in [-0.2, 0) is 30.3 Å². The van der Waals surface area contributed by atoms with Crippen molar-refractivity contribution in [2.45, 2.75) is 43.6 Å². The molecule has 2 heterocycles. The summed E-state index contributed by atoms with van der Waals surface area (Å²) in [7, 11) is 3.14. The summed E-state index contributed by atoms with van der Waals surface area (Å²) in [6.07, 6.45) is -3.96. The molecule has 29 heavy (non-hydrogen) atoms. The molecule has 2 fully saturated rings. The minimum atomic E-state index is -0.924. The highest BCUT2D eigenvalue weighted by molar-refractivity contribution is 5.28. The molecule has 2 aromatic rings. The molecule has 2 aliphatic heterocycles. The van der Waals surface area contributed by atoms with Crippen molar-refractivity contribution in [2.24, 2.45) is 0 Å². The van der Waals surface area contributed by atoms with E-state index in [1.807, 2.05) is 54.6 Å². The number of aliphatic hydroxyl groups is 1. The van der Waals surface area contributed by atoms with Gasteiger partial charge in [-0.15, -0.1) is 0 Å². The maximum Gasteiger partial charge on any atom is 0.186 e. The van der Waals surface area contributed by atoms with Gasteiger partial charge in [0.2, 0.25) is 0 Å². The molecule has 0 saturated carbocycles. The number of hydrogen-bond acceptors (Lipinski definition) is 7. The van der Waals surface area contributed by atoms with E-state index in [1.165, 1.54) is 7.11 Å². The maximum atomic E-state index is 11.0. The summed E-state index contributed by atoms with van der Waals surface area (Å²) in [5.74, 6) is 0.751. The Balaban J connectivity index is 1.45. The Kier molecular flexibility index (Phi) is 6.44. The zero-order valence-corrected chi connectivity index (χ0v) is 16.5. The third-order valence-corrected chi connectivity index (χ3v) is 5.21. The number of benzene rings is 2. The Labute approximate surface area is 170 Å². The Morgan fingerprint density at radius 3 is 2.45 bits per heavy atom. The SMILES string of the molecule is COc1ccc([C@@H]2OC[C@@H]3O[C@H](OC)[C@H](OCc4ccccc4)[C@H](O)[C@@H]3O2)cc1. The standard InChI is InChI=1S/C22H26O7/c1-24-16-10-8-15(9-11-16)21-27-13-17-19(29-21)18(23)20(22(25-2)28-17)26-12-14-6-4-3-5-7-14/h3-11,17-23H,12-13H2,1-2H3/t17-,18+,19+,20+,21+,22-/m0/s1. The van der Waals surface area contributed by atoms with Crippen molar-refractivity contribution in [1.29, 1.82) is 0 Å². The van der Waals surface area contributed by atoms with Crippen molar-refractivity contribution >= 4 is 0 Å². The largest absolute Gasteiger partial charge is 0.497 e. The van der Waals surface area contributed by atoms with E-state index in [0.717, 1.165) is 16.9 Å². The summed E-state index contributed by atoms with van der Waals surface area (Å²) in [4.78, 5) is 0. The molecule has 0 aromatic heterocycles. The Morgan fingerprint density at radius 2 is 1.76 bits per heavy atom. The molecule has 0 unspecified atom stereocenters. The van der Waals surface area contributed by atoms with Gasteiger partial charge >= 0.3 is 0 Å². The van der Waals surface area contributed by atoms with Gasteiger partial charge in [0.1, 0.15) is 30.2 Å². The highest BCUT2D eigenvalue weighted by Gasteiger charge is 2.50. The van der Waals surface area contributed by atoms with Crippen molar-refractivity contribution in [2.75, 3.05) is 20.8 Å². The Hall–Kier alpha value is -2.00. The van der Waals surface area contributed by atoms with Crippen LogP contribution in [0.4, 0.5) is 0 Å². The Morgan fingerprint density at radius 1 is 1.00 bits per heavy atom. The topological polar surface area (TPSA) is 75.6 Å². The molecule has 7 heteroatoms. The first-order valence-corrected chi connectivity index (χ1v) is 9.62. The van der Waals surface area contributed by atoms with Crippen LogP contribution in [0.15, 0.2) is 54.6 Å². The molecule has 156 valence electrons. The van der Waals surface area contributed by atoms with Gasteiger partial charge in [0.25, 0.3) is 0 Å². The zero-order valence-electron chi connectivity index (χ0n) is 16.5. The van der Waals surface area contributed by atoms with Crippen LogP contribution in [0.5, 0.6) is 5.75 Å². The van der Waals surface area contributed by atoms with Gasteiger partial charge in [0.15, 0.2) is 12.6 Å². The normalized spacial score (nSPS) is 31.8.